The van der Waals surface area contributed by atoms with E-state index in [1.165, 1.54) is 0 Å². The standard InChI is InChI=1S/C22H45N5O4/c1-21(2,10-17-31-22(3,4)9-11-23)20(30)26-13-7-16-27(5)15-6-12-25-19(29)8-14-24-18-28/h18H,6-17,23H2,1-5H3,(H,24,28)(H,25,29)(H,26,30). The van der Waals surface area contributed by atoms with Crippen molar-refractivity contribution in [3.8, 4) is 0 Å². The molecule has 9 nitrogen and oxygen atoms in total. The van der Waals surface area contributed by atoms with Gasteiger partial charge in [-0.15, -0.1) is 0 Å². The second-order valence-corrected chi connectivity index (χ2v) is 9.22. The lowest BCUT2D eigenvalue weighted by Gasteiger charge is -2.28. The van der Waals surface area contributed by atoms with E-state index in [4.69, 9.17) is 10.5 Å². The van der Waals surface area contributed by atoms with Crippen molar-refractivity contribution in [2.75, 3.05) is 52.9 Å². The van der Waals surface area contributed by atoms with Crippen LogP contribution in [0.1, 0.15) is 59.8 Å². The van der Waals surface area contributed by atoms with E-state index < -0.39 is 5.41 Å². The molecule has 0 atom stereocenters. The molecule has 0 aromatic carbocycles. The minimum atomic E-state index is -0.482. The Morgan fingerprint density at radius 3 is 2.19 bits per heavy atom. The number of carbonyl (C=O) groups excluding carboxylic acids is 3. The summed E-state index contributed by atoms with van der Waals surface area (Å²) < 4.78 is 5.89. The number of rotatable bonds is 19. The molecule has 0 saturated carbocycles. The van der Waals surface area contributed by atoms with E-state index in [9.17, 15) is 14.4 Å². The quantitative estimate of drug-likeness (QED) is 0.171. The fourth-order valence-electron chi connectivity index (χ4n) is 2.93. The van der Waals surface area contributed by atoms with Crippen LogP contribution in [-0.2, 0) is 19.1 Å². The third kappa shape index (κ3) is 15.7. The summed E-state index contributed by atoms with van der Waals surface area (Å²) in [4.78, 5) is 36.3. The summed E-state index contributed by atoms with van der Waals surface area (Å²) in [5.41, 5.74) is 4.86. The Labute approximate surface area is 188 Å². The summed E-state index contributed by atoms with van der Waals surface area (Å²) in [6.07, 6.45) is 4.04. The molecule has 0 aliphatic rings. The van der Waals surface area contributed by atoms with Crippen LogP contribution in [0.25, 0.3) is 0 Å². The van der Waals surface area contributed by atoms with Gasteiger partial charge in [-0.3, -0.25) is 14.4 Å². The van der Waals surface area contributed by atoms with E-state index in [2.05, 4.69) is 20.9 Å². The Morgan fingerprint density at radius 1 is 1.00 bits per heavy atom. The predicted molar refractivity (Wildman–Crippen MR) is 124 cm³/mol. The van der Waals surface area contributed by atoms with E-state index in [1.807, 2.05) is 34.7 Å². The van der Waals surface area contributed by atoms with Crippen molar-refractivity contribution in [3.05, 3.63) is 0 Å². The molecule has 0 aromatic heterocycles. The molecule has 0 saturated heterocycles. The minimum absolute atomic E-state index is 0.0437. The smallest absolute Gasteiger partial charge is 0.225 e. The molecule has 0 bridgehead atoms. The highest BCUT2D eigenvalue weighted by Crippen LogP contribution is 2.23. The van der Waals surface area contributed by atoms with Crippen molar-refractivity contribution >= 4 is 18.2 Å². The fourth-order valence-corrected chi connectivity index (χ4v) is 2.93. The van der Waals surface area contributed by atoms with Crippen LogP contribution < -0.4 is 21.7 Å². The Bertz CT molecular complexity index is 526. The van der Waals surface area contributed by atoms with Gasteiger partial charge < -0.3 is 31.3 Å². The van der Waals surface area contributed by atoms with Gasteiger partial charge in [-0.2, -0.15) is 0 Å². The number of amides is 3. The van der Waals surface area contributed by atoms with Gasteiger partial charge in [-0.05, 0) is 66.2 Å². The number of carbonyl (C=O) groups is 3. The fraction of sp³-hybridized carbons (Fsp3) is 0.864. The average Bonchev–Trinajstić information content (AvgIpc) is 2.68. The first-order valence-electron chi connectivity index (χ1n) is 11.3. The lowest BCUT2D eigenvalue weighted by molar-refractivity contribution is -0.131. The molecule has 3 amide bonds. The van der Waals surface area contributed by atoms with Crippen LogP contribution >= 0.6 is 0 Å². The summed E-state index contributed by atoms with van der Waals surface area (Å²) in [5, 5.41) is 8.33. The average molecular weight is 444 g/mol. The second-order valence-electron chi connectivity index (χ2n) is 9.22. The number of nitrogens with two attached hydrogens (primary N) is 1. The van der Waals surface area contributed by atoms with Crippen molar-refractivity contribution < 1.29 is 19.1 Å². The van der Waals surface area contributed by atoms with Crippen molar-refractivity contribution in [1.82, 2.24) is 20.9 Å². The monoisotopic (exact) mass is 443 g/mol. The van der Waals surface area contributed by atoms with Crippen LogP contribution in [0.5, 0.6) is 0 Å². The van der Waals surface area contributed by atoms with Crippen LogP contribution in [-0.4, -0.2) is 81.6 Å². The maximum Gasteiger partial charge on any atom is 0.225 e. The first-order chi connectivity index (χ1) is 14.5. The molecule has 9 heteroatoms. The van der Waals surface area contributed by atoms with Gasteiger partial charge >= 0.3 is 0 Å². The number of ether oxygens (including phenoxy) is 1. The first kappa shape index (κ1) is 29.3. The summed E-state index contributed by atoms with van der Waals surface area (Å²) in [7, 11) is 2.03. The van der Waals surface area contributed by atoms with Crippen molar-refractivity contribution in [2.24, 2.45) is 11.1 Å². The topological polar surface area (TPSA) is 126 Å². The lowest BCUT2D eigenvalue weighted by Crippen LogP contribution is -2.39. The van der Waals surface area contributed by atoms with Gasteiger partial charge in [-0.25, -0.2) is 0 Å². The molecule has 0 heterocycles. The maximum atomic E-state index is 12.5. The van der Waals surface area contributed by atoms with Crippen molar-refractivity contribution in [1.29, 1.82) is 0 Å². The third-order valence-electron chi connectivity index (χ3n) is 5.20. The Kier molecular flexibility index (Phi) is 15.1. The van der Waals surface area contributed by atoms with Crippen molar-refractivity contribution in [2.45, 2.75) is 65.4 Å². The van der Waals surface area contributed by atoms with E-state index in [0.717, 1.165) is 32.4 Å². The van der Waals surface area contributed by atoms with E-state index in [-0.39, 0.29) is 17.4 Å². The van der Waals surface area contributed by atoms with Gasteiger partial charge in [0.05, 0.1) is 5.60 Å². The van der Waals surface area contributed by atoms with Crippen LogP contribution in [0.15, 0.2) is 0 Å². The lowest BCUT2D eigenvalue weighted by atomic mass is 9.88. The Morgan fingerprint density at radius 2 is 1.61 bits per heavy atom. The summed E-state index contributed by atoms with van der Waals surface area (Å²) >= 11 is 0. The minimum Gasteiger partial charge on any atom is -0.375 e. The molecule has 0 aliphatic heterocycles. The molecule has 0 radical (unpaired) electrons. The molecule has 5 N–H and O–H groups in total. The van der Waals surface area contributed by atoms with Gasteiger partial charge in [-0.1, -0.05) is 13.8 Å². The van der Waals surface area contributed by atoms with Gasteiger partial charge in [0.1, 0.15) is 0 Å². The Balaban J connectivity index is 3.88. The van der Waals surface area contributed by atoms with Crippen molar-refractivity contribution in [3.63, 3.8) is 0 Å². The first-order valence-corrected chi connectivity index (χ1v) is 11.3. The molecular weight excluding hydrogens is 398 g/mol. The number of nitrogens with zero attached hydrogens (tertiary/aromatic N) is 1. The molecule has 182 valence electrons. The van der Waals surface area contributed by atoms with Gasteiger partial charge in [0.2, 0.25) is 18.2 Å². The number of hydrogen-bond acceptors (Lipinski definition) is 6. The highest BCUT2D eigenvalue weighted by atomic mass is 16.5. The highest BCUT2D eigenvalue weighted by molar-refractivity contribution is 5.81. The van der Waals surface area contributed by atoms with Gasteiger partial charge in [0.25, 0.3) is 0 Å². The molecule has 0 rings (SSSR count). The zero-order chi connectivity index (χ0) is 23.8. The maximum absolute atomic E-state index is 12.5. The molecule has 31 heavy (non-hydrogen) atoms. The van der Waals surface area contributed by atoms with Gasteiger partial charge in [0, 0.05) is 38.1 Å². The van der Waals surface area contributed by atoms with Crippen LogP contribution in [0.3, 0.4) is 0 Å². The van der Waals surface area contributed by atoms with E-state index >= 15 is 0 Å². The largest absolute Gasteiger partial charge is 0.375 e. The summed E-state index contributed by atoms with van der Waals surface area (Å²) in [6.45, 7) is 12.4. The van der Waals surface area contributed by atoms with Crippen LogP contribution in [0.4, 0.5) is 0 Å². The molecule has 0 aromatic rings. The zero-order valence-electron chi connectivity index (χ0n) is 20.2. The zero-order valence-corrected chi connectivity index (χ0v) is 20.2. The molecule has 0 aliphatic carbocycles. The van der Waals surface area contributed by atoms with E-state index in [1.54, 1.807) is 0 Å². The van der Waals surface area contributed by atoms with Crippen LogP contribution in [0.2, 0.25) is 0 Å². The normalized spacial score (nSPS) is 12.0. The summed E-state index contributed by atoms with van der Waals surface area (Å²) in [6, 6.07) is 0. The third-order valence-corrected chi connectivity index (χ3v) is 5.20. The van der Waals surface area contributed by atoms with Crippen LogP contribution in [0, 0.1) is 5.41 Å². The molecule has 0 spiro atoms. The summed E-state index contributed by atoms with van der Waals surface area (Å²) in [5.74, 6) is -0.0159. The van der Waals surface area contributed by atoms with E-state index in [0.29, 0.717) is 52.0 Å². The number of nitrogens with one attached hydrogen (secondary N) is 3. The molecule has 0 fully saturated rings. The number of hydrogen-bond donors (Lipinski definition) is 4. The predicted octanol–water partition coefficient (Wildman–Crippen LogP) is 0.627. The Hall–Kier alpha value is -1.71. The SMILES string of the molecule is CN(CCCNC(=O)CCNC=O)CCCNC(=O)C(C)(C)CCOC(C)(C)CCN. The highest BCUT2D eigenvalue weighted by Gasteiger charge is 2.28. The molecular formula is C22H45N5O4. The molecule has 0 unspecified atom stereocenters. The second kappa shape index (κ2) is 16.0. The van der Waals surface area contributed by atoms with Gasteiger partial charge in [0.15, 0.2) is 0 Å².